The van der Waals surface area contributed by atoms with E-state index in [4.69, 9.17) is 0 Å². The number of hydrogen-bond donors (Lipinski definition) is 1. The molecule has 0 aromatic heterocycles. The highest BCUT2D eigenvalue weighted by atomic mass is 32.2. The summed E-state index contributed by atoms with van der Waals surface area (Å²) in [7, 11) is 0. The van der Waals surface area contributed by atoms with Gasteiger partial charge < -0.3 is 10.2 Å². The molecule has 1 N–H and O–H groups in total. The van der Waals surface area contributed by atoms with Crippen LogP contribution in [0, 0.1) is 5.92 Å². The van der Waals surface area contributed by atoms with Crippen molar-refractivity contribution in [3.8, 4) is 0 Å². The van der Waals surface area contributed by atoms with Gasteiger partial charge in [-0.3, -0.25) is 4.99 Å². The molecule has 4 heteroatoms. The van der Waals surface area contributed by atoms with Crippen LogP contribution >= 0.6 is 11.8 Å². The Balaban J connectivity index is 1.40. The average molecular weight is 253 g/mol. The van der Waals surface area contributed by atoms with Crippen LogP contribution in [0.5, 0.6) is 0 Å². The van der Waals surface area contributed by atoms with E-state index in [0.29, 0.717) is 6.04 Å². The van der Waals surface area contributed by atoms with Gasteiger partial charge in [0.25, 0.3) is 0 Å². The lowest BCUT2D eigenvalue weighted by atomic mass is 10.3. The van der Waals surface area contributed by atoms with Gasteiger partial charge in [-0.05, 0) is 51.6 Å². The van der Waals surface area contributed by atoms with Crippen molar-refractivity contribution in [1.29, 1.82) is 0 Å². The second-order valence-electron chi connectivity index (χ2n) is 5.69. The van der Waals surface area contributed by atoms with Gasteiger partial charge in [0, 0.05) is 17.8 Å². The Morgan fingerprint density at radius 3 is 2.88 bits per heavy atom. The third-order valence-corrected chi connectivity index (χ3v) is 5.23. The molecule has 2 atom stereocenters. The van der Waals surface area contributed by atoms with Gasteiger partial charge in [-0.2, -0.15) is 0 Å². The molecule has 0 radical (unpaired) electrons. The van der Waals surface area contributed by atoms with Gasteiger partial charge in [0.05, 0.1) is 6.54 Å². The highest BCUT2D eigenvalue weighted by molar-refractivity contribution is 8.14. The number of amidine groups is 1. The summed E-state index contributed by atoms with van der Waals surface area (Å²) in [5, 5.41) is 5.58. The molecule has 2 aliphatic heterocycles. The van der Waals surface area contributed by atoms with Crippen LogP contribution in [0.4, 0.5) is 0 Å². The van der Waals surface area contributed by atoms with Crippen molar-refractivity contribution in [2.24, 2.45) is 10.9 Å². The molecule has 0 spiro atoms. The van der Waals surface area contributed by atoms with Gasteiger partial charge in [-0.1, -0.05) is 11.8 Å². The van der Waals surface area contributed by atoms with Crippen LogP contribution in [0.3, 0.4) is 0 Å². The smallest absolute Gasteiger partial charge is 0.157 e. The number of nitrogens with one attached hydrogen (secondary N) is 1. The minimum absolute atomic E-state index is 0.539. The van der Waals surface area contributed by atoms with Crippen LogP contribution in [0.25, 0.3) is 0 Å². The number of aliphatic imine (C=N–C) groups is 1. The SMILES string of the molecule is CC(CN1CCCC1)NC1=NCC(C2CC2)S1. The molecule has 3 nitrogen and oxygen atoms in total. The Morgan fingerprint density at radius 2 is 2.18 bits per heavy atom. The van der Waals surface area contributed by atoms with Crippen molar-refractivity contribution < 1.29 is 0 Å². The molecule has 0 amide bonds. The zero-order valence-corrected chi connectivity index (χ0v) is 11.5. The summed E-state index contributed by atoms with van der Waals surface area (Å²) in [6, 6.07) is 0.539. The lowest BCUT2D eigenvalue weighted by molar-refractivity contribution is 0.312. The summed E-state index contributed by atoms with van der Waals surface area (Å²) in [4.78, 5) is 7.21. The van der Waals surface area contributed by atoms with E-state index in [1.54, 1.807) is 0 Å². The fourth-order valence-corrected chi connectivity index (χ4v) is 4.11. The number of rotatable bonds is 4. The minimum Gasteiger partial charge on any atom is -0.361 e. The Hall–Kier alpha value is -0.220. The van der Waals surface area contributed by atoms with E-state index < -0.39 is 0 Å². The van der Waals surface area contributed by atoms with Gasteiger partial charge in [0.1, 0.15) is 0 Å². The Labute approximate surface area is 108 Å². The maximum Gasteiger partial charge on any atom is 0.157 e. The predicted molar refractivity (Wildman–Crippen MR) is 74.7 cm³/mol. The quantitative estimate of drug-likeness (QED) is 0.830. The van der Waals surface area contributed by atoms with E-state index in [9.17, 15) is 0 Å². The molecule has 2 heterocycles. The number of thioether (sulfide) groups is 1. The first-order chi connectivity index (χ1) is 8.31. The fourth-order valence-electron chi connectivity index (χ4n) is 2.79. The summed E-state index contributed by atoms with van der Waals surface area (Å²) in [6.07, 6.45) is 5.63. The molecule has 3 aliphatic rings. The van der Waals surface area contributed by atoms with Gasteiger partial charge in [0.15, 0.2) is 5.17 Å². The van der Waals surface area contributed by atoms with Crippen molar-refractivity contribution >= 4 is 16.9 Å². The molecular weight excluding hydrogens is 230 g/mol. The van der Waals surface area contributed by atoms with Gasteiger partial charge in [0.2, 0.25) is 0 Å². The Kier molecular flexibility index (Phi) is 3.61. The van der Waals surface area contributed by atoms with Crippen LogP contribution in [-0.2, 0) is 0 Å². The maximum atomic E-state index is 4.64. The molecule has 1 saturated heterocycles. The summed E-state index contributed by atoms with van der Waals surface area (Å²) in [5.74, 6) is 0.969. The molecule has 96 valence electrons. The molecule has 1 saturated carbocycles. The molecule has 0 aromatic carbocycles. The second-order valence-corrected chi connectivity index (χ2v) is 6.92. The number of nitrogens with zero attached hydrogens (tertiary/aromatic N) is 2. The standard InChI is InChI=1S/C13H23N3S/c1-10(9-16-6-2-3-7-16)15-13-14-8-12(17-13)11-4-5-11/h10-12H,2-9H2,1H3,(H,14,15). The van der Waals surface area contributed by atoms with Gasteiger partial charge >= 0.3 is 0 Å². The third-order valence-electron chi connectivity index (χ3n) is 3.93. The minimum atomic E-state index is 0.539. The number of likely N-dealkylation sites (tertiary alicyclic amines) is 1. The highest BCUT2D eigenvalue weighted by Gasteiger charge is 2.35. The Morgan fingerprint density at radius 1 is 1.41 bits per heavy atom. The lowest BCUT2D eigenvalue weighted by Crippen LogP contribution is -2.39. The molecule has 0 bridgehead atoms. The Bertz CT molecular complexity index is 295. The normalized spacial score (nSPS) is 31.6. The molecule has 0 aromatic rings. The zero-order valence-electron chi connectivity index (χ0n) is 10.7. The van der Waals surface area contributed by atoms with Crippen molar-refractivity contribution in [3.05, 3.63) is 0 Å². The third kappa shape index (κ3) is 3.16. The van der Waals surface area contributed by atoms with E-state index in [2.05, 4.69) is 22.1 Å². The van der Waals surface area contributed by atoms with E-state index >= 15 is 0 Å². The van der Waals surface area contributed by atoms with E-state index in [1.165, 1.54) is 50.5 Å². The van der Waals surface area contributed by atoms with Crippen molar-refractivity contribution in [3.63, 3.8) is 0 Å². The summed E-state index contributed by atoms with van der Waals surface area (Å²) >= 11 is 1.99. The van der Waals surface area contributed by atoms with Gasteiger partial charge in [-0.25, -0.2) is 0 Å². The van der Waals surface area contributed by atoms with Crippen LogP contribution in [0.2, 0.25) is 0 Å². The maximum absolute atomic E-state index is 4.64. The average Bonchev–Trinajstić information content (AvgIpc) is 2.84. The molecular formula is C13H23N3S. The van der Waals surface area contributed by atoms with Crippen molar-refractivity contribution in [1.82, 2.24) is 10.2 Å². The number of hydrogen-bond acceptors (Lipinski definition) is 4. The van der Waals surface area contributed by atoms with Crippen LogP contribution in [0.15, 0.2) is 4.99 Å². The lowest BCUT2D eigenvalue weighted by Gasteiger charge is -2.21. The molecule has 17 heavy (non-hydrogen) atoms. The highest BCUT2D eigenvalue weighted by Crippen LogP contribution is 2.41. The van der Waals surface area contributed by atoms with E-state index in [-0.39, 0.29) is 0 Å². The topological polar surface area (TPSA) is 27.6 Å². The van der Waals surface area contributed by atoms with E-state index in [1.807, 2.05) is 11.8 Å². The fraction of sp³-hybridized carbons (Fsp3) is 0.923. The monoisotopic (exact) mass is 253 g/mol. The first-order valence-corrected chi connectivity index (χ1v) is 7.89. The van der Waals surface area contributed by atoms with Crippen LogP contribution in [-0.4, -0.2) is 47.5 Å². The summed E-state index contributed by atoms with van der Waals surface area (Å²) in [5.41, 5.74) is 0. The van der Waals surface area contributed by atoms with Crippen molar-refractivity contribution in [2.75, 3.05) is 26.2 Å². The molecule has 3 rings (SSSR count). The predicted octanol–water partition coefficient (Wildman–Crippen LogP) is 1.94. The molecule has 1 aliphatic carbocycles. The second kappa shape index (κ2) is 5.19. The first kappa shape index (κ1) is 11.8. The van der Waals surface area contributed by atoms with Crippen LogP contribution < -0.4 is 5.32 Å². The molecule has 2 unspecified atom stereocenters. The first-order valence-electron chi connectivity index (χ1n) is 7.01. The molecule has 2 fully saturated rings. The summed E-state index contributed by atoms with van der Waals surface area (Å²) < 4.78 is 0. The van der Waals surface area contributed by atoms with E-state index in [0.717, 1.165) is 17.7 Å². The van der Waals surface area contributed by atoms with Crippen molar-refractivity contribution in [2.45, 2.75) is 43.9 Å². The zero-order chi connectivity index (χ0) is 11.7. The largest absolute Gasteiger partial charge is 0.361 e. The summed E-state index contributed by atoms with van der Waals surface area (Å²) in [6.45, 7) is 7.08. The van der Waals surface area contributed by atoms with Crippen LogP contribution in [0.1, 0.15) is 32.6 Å². The van der Waals surface area contributed by atoms with Gasteiger partial charge in [-0.15, -0.1) is 0 Å².